The van der Waals surface area contributed by atoms with Crippen LogP contribution in [0.1, 0.15) is 63.8 Å². The van der Waals surface area contributed by atoms with Gasteiger partial charge in [0.25, 0.3) is 5.91 Å². The topological polar surface area (TPSA) is 69.0 Å². The highest BCUT2D eigenvalue weighted by atomic mass is 16.5. The summed E-state index contributed by atoms with van der Waals surface area (Å²) >= 11 is 0. The third-order valence-electron chi connectivity index (χ3n) is 6.96. The lowest BCUT2D eigenvalue weighted by molar-refractivity contribution is 0.0714. The Bertz CT molecular complexity index is 1580. The first kappa shape index (κ1) is 25.6. The van der Waals surface area contributed by atoms with E-state index in [0.717, 1.165) is 27.8 Å². The minimum absolute atomic E-state index is 0.101. The van der Waals surface area contributed by atoms with Crippen molar-refractivity contribution in [3.8, 4) is 11.5 Å². The second kappa shape index (κ2) is 10.0. The molecule has 5 rings (SSSR count). The molecule has 6 heteroatoms. The van der Waals surface area contributed by atoms with Crippen LogP contribution in [0.3, 0.4) is 0 Å². The molecule has 1 aliphatic heterocycles. The minimum Gasteiger partial charge on any atom is -0.493 e. The second-order valence-electron chi connectivity index (χ2n) is 10.6. The molecule has 1 amide bonds. The summed E-state index contributed by atoms with van der Waals surface area (Å²) in [6.45, 7) is 10.9. The quantitative estimate of drug-likeness (QED) is 0.283. The Morgan fingerprint density at radius 2 is 1.66 bits per heavy atom. The smallest absolute Gasteiger partial charge is 0.291 e. The summed E-state index contributed by atoms with van der Waals surface area (Å²) in [6.07, 6.45) is 0. The monoisotopic (exact) mass is 511 g/mol. The van der Waals surface area contributed by atoms with E-state index in [2.05, 4.69) is 13.8 Å². The van der Waals surface area contributed by atoms with E-state index in [1.165, 1.54) is 0 Å². The fourth-order valence-corrected chi connectivity index (χ4v) is 5.14. The van der Waals surface area contributed by atoms with E-state index in [-0.39, 0.29) is 17.1 Å². The van der Waals surface area contributed by atoms with E-state index < -0.39 is 6.04 Å². The maximum atomic E-state index is 14.0. The van der Waals surface area contributed by atoms with Crippen molar-refractivity contribution in [2.24, 2.45) is 5.92 Å². The van der Waals surface area contributed by atoms with E-state index in [1.54, 1.807) is 12.0 Å². The van der Waals surface area contributed by atoms with Gasteiger partial charge in [0.15, 0.2) is 16.9 Å². The Morgan fingerprint density at radius 1 is 0.921 bits per heavy atom. The van der Waals surface area contributed by atoms with Crippen molar-refractivity contribution < 1.29 is 18.7 Å². The number of ether oxygens (including phenoxy) is 2. The number of methoxy groups -OCH3 is 1. The van der Waals surface area contributed by atoms with Gasteiger partial charge in [-0.3, -0.25) is 9.59 Å². The molecule has 0 aliphatic carbocycles. The summed E-state index contributed by atoms with van der Waals surface area (Å²) in [5, 5.41) is 0.508. The highest BCUT2D eigenvalue weighted by molar-refractivity contribution is 5.99. The first-order valence-corrected chi connectivity index (χ1v) is 12.9. The molecule has 0 saturated heterocycles. The van der Waals surface area contributed by atoms with Gasteiger partial charge in [-0.25, -0.2) is 0 Å². The van der Waals surface area contributed by atoms with Crippen LogP contribution in [0.4, 0.5) is 0 Å². The molecule has 4 aromatic rings. The first-order valence-electron chi connectivity index (χ1n) is 12.9. The number of carbonyl (C=O) groups is 1. The van der Waals surface area contributed by atoms with Crippen LogP contribution in [-0.4, -0.2) is 24.5 Å². The summed E-state index contributed by atoms with van der Waals surface area (Å²) < 4.78 is 17.8. The molecule has 0 radical (unpaired) electrons. The van der Waals surface area contributed by atoms with Gasteiger partial charge in [-0.2, -0.15) is 0 Å². The maximum Gasteiger partial charge on any atom is 0.291 e. The van der Waals surface area contributed by atoms with Crippen molar-refractivity contribution in [3.63, 3.8) is 0 Å². The Labute approximate surface area is 222 Å². The number of benzene rings is 3. The molecule has 2 heterocycles. The molecule has 196 valence electrons. The third-order valence-corrected chi connectivity index (χ3v) is 6.96. The average molecular weight is 512 g/mol. The Morgan fingerprint density at radius 3 is 2.34 bits per heavy atom. The fraction of sp³-hybridized carbons (Fsp3) is 0.312. The molecule has 3 aromatic carbocycles. The molecule has 0 spiro atoms. The van der Waals surface area contributed by atoms with Crippen molar-refractivity contribution >= 4 is 16.9 Å². The number of amides is 1. The van der Waals surface area contributed by atoms with Crippen LogP contribution in [0.5, 0.6) is 11.5 Å². The van der Waals surface area contributed by atoms with Gasteiger partial charge in [0.2, 0.25) is 5.76 Å². The van der Waals surface area contributed by atoms with Gasteiger partial charge in [0.05, 0.1) is 30.7 Å². The standard InChI is InChI=1S/C32H33NO5/c1-18(2)17-37-24-12-11-23(15-25(24)36-6)29-28-30(34)27-21(5)13-20(4)14-26(27)38-31(28)32(35)33(29)16-22-9-7-19(3)8-10-22/h7-15,18,29H,16-17H2,1-6H3. The summed E-state index contributed by atoms with van der Waals surface area (Å²) in [5.41, 5.74) is 5.28. The van der Waals surface area contributed by atoms with Gasteiger partial charge in [0, 0.05) is 6.54 Å². The van der Waals surface area contributed by atoms with Crippen molar-refractivity contribution in [1.29, 1.82) is 0 Å². The summed E-state index contributed by atoms with van der Waals surface area (Å²) in [6, 6.07) is 16.8. The molecule has 1 aromatic heterocycles. The third kappa shape index (κ3) is 4.55. The van der Waals surface area contributed by atoms with Crippen LogP contribution in [0.15, 0.2) is 63.8 Å². The van der Waals surface area contributed by atoms with E-state index in [9.17, 15) is 9.59 Å². The van der Waals surface area contributed by atoms with Gasteiger partial charge >= 0.3 is 0 Å². The molecule has 0 saturated carbocycles. The number of hydrogen-bond donors (Lipinski definition) is 0. The van der Waals surface area contributed by atoms with Crippen molar-refractivity contribution in [3.05, 3.63) is 104 Å². The van der Waals surface area contributed by atoms with Crippen LogP contribution < -0.4 is 14.9 Å². The Hall–Kier alpha value is -4.06. The molecule has 6 nitrogen and oxygen atoms in total. The van der Waals surface area contributed by atoms with Gasteiger partial charge in [-0.15, -0.1) is 0 Å². The van der Waals surface area contributed by atoms with E-state index in [0.29, 0.717) is 47.1 Å². The summed E-state index contributed by atoms with van der Waals surface area (Å²) in [7, 11) is 1.59. The number of fused-ring (bicyclic) bond motifs is 2. The summed E-state index contributed by atoms with van der Waals surface area (Å²) in [5.74, 6) is 1.33. The maximum absolute atomic E-state index is 14.0. The van der Waals surface area contributed by atoms with Crippen LogP contribution in [-0.2, 0) is 6.54 Å². The van der Waals surface area contributed by atoms with E-state index in [1.807, 2.05) is 75.4 Å². The van der Waals surface area contributed by atoms with Crippen molar-refractivity contribution in [2.45, 2.75) is 47.2 Å². The molecule has 1 unspecified atom stereocenters. The lowest BCUT2D eigenvalue weighted by atomic mass is 9.96. The van der Waals surface area contributed by atoms with Crippen LogP contribution >= 0.6 is 0 Å². The Balaban J connectivity index is 1.69. The predicted molar refractivity (Wildman–Crippen MR) is 148 cm³/mol. The number of rotatable bonds is 7. The molecule has 0 N–H and O–H groups in total. The number of hydrogen-bond acceptors (Lipinski definition) is 5. The van der Waals surface area contributed by atoms with Gasteiger partial charge in [-0.05, 0) is 67.1 Å². The lowest BCUT2D eigenvalue weighted by Crippen LogP contribution is -2.29. The zero-order valence-corrected chi connectivity index (χ0v) is 22.8. The Kier molecular flexibility index (Phi) is 6.74. The molecule has 0 bridgehead atoms. The largest absolute Gasteiger partial charge is 0.493 e. The van der Waals surface area contributed by atoms with Crippen LogP contribution in [0.25, 0.3) is 11.0 Å². The molecule has 38 heavy (non-hydrogen) atoms. The van der Waals surface area contributed by atoms with Crippen LogP contribution in [0, 0.1) is 26.7 Å². The van der Waals surface area contributed by atoms with E-state index in [4.69, 9.17) is 13.9 Å². The number of carbonyl (C=O) groups excluding carboxylic acids is 1. The summed E-state index contributed by atoms with van der Waals surface area (Å²) in [4.78, 5) is 29.6. The lowest BCUT2D eigenvalue weighted by Gasteiger charge is -2.26. The number of aryl methyl sites for hydroxylation is 3. The van der Waals surface area contributed by atoms with E-state index >= 15 is 0 Å². The molecular formula is C32H33NO5. The average Bonchev–Trinajstić information content (AvgIpc) is 3.15. The van der Waals surface area contributed by atoms with Gasteiger partial charge in [-0.1, -0.05) is 55.8 Å². The van der Waals surface area contributed by atoms with Crippen molar-refractivity contribution in [1.82, 2.24) is 4.90 Å². The van der Waals surface area contributed by atoms with Crippen LogP contribution in [0.2, 0.25) is 0 Å². The highest BCUT2D eigenvalue weighted by Crippen LogP contribution is 2.42. The number of nitrogens with zero attached hydrogens (tertiary/aromatic N) is 1. The van der Waals surface area contributed by atoms with Gasteiger partial charge in [0.1, 0.15) is 5.58 Å². The molecule has 0 fully saturated rings. The zero-order chi connectivity index (χ0) is 27.1. The predicted octanol–water partition coefficient (Wildman–Crippen LogP) is 6.51. The van der Waals surface area contributed by atoms with Gasteiger partial charge < -0.3 is 18.8 Å². The first-order chi connectivity index (χ1) is 18.2. The normalized spacial score (nSPS) is 14.9. The van der Waals surface area contributed by atoms with Crippen molar-refractivity contribution in [2.75, 3.05) is 13.7 Å². The zero-order valence-electron chi connectivity index (χ0n) is 22.8. The minimum atomic E-state index is -0.631. The fourth-order valence-electron chi connectivity index (χ4n) is 5.14. The molecule has 1 aliphatic rings. The SMILES string of the molecule is COc1cc(C2c3c(oc4cc(C)cc(C)c4c3=O)C(=O)N2Cc2ccc(C)cc2)ccc1OCC(C)C. The molecule has 1 atom stereocenters. The second-order valence-corrected chi connectivity index (χ2v) is 10.6. The molecular weight excluding hydrogens is 478 g/mol. The highest BCUT2D eigenvalue weighted by Gasteiger charge is 2.43.